The summed E-state index contributed by atoms with van der Waals surface area (Å²) in [7, 11) is 1.26. The fourth-order valence-electron chi connectivity index (χ4n) is 1.26. The van der Waals surface area contributed by atoms with E-state index in [1.807, 2.05) is 0 Å². The standard InChI is InChI=1S/C9H10N2O4/c1-5(12)6-3-4-7(10)8(11(13)14)9(6)15-2/h3-4H,10H2,1-2H3. The molecule has 0 heterocycles. The van der Waals surface area contributed by atoms with Crippen molar-refractivity contribution in [3.05, 3.63) is 27.8 Å². The molecule has 1 rings (SSSR count). The van der Waals surface area contributed by atoms with Gasteiger partial charge in [0.05, 0.1) is 17.6 Å². The highest BCUT2D eigenvalue weighted by molar-refractivity contribution is 5.99. The predicted molar refractivity (Wildman–Crippen MR) is 54.1 cm³/mol. The molecule has 15 heavy (non-hydrogen) atoms. The lowest BCUT2D eigenvalue weighted by molar-refractivity contribution is -0.384. The monoisotopic (exact) mass is 210 g/mol. The van der Waals surface area contributed by atoms with E-state index in [1.165, 1.54) is 26.2 Å². The summed E-state index contributed by atoms with van der Waals surface area (Å²) in [4.78, 5) is 21.2. The normalized spacial score (nSPS) is 9.73. The first kappa shape index (κ1) is 11.0. The Morgan fingerprint density at radius 2 is 2.13 bits per heavy atom. The number of nitrogens with two attached hydrogens (primary N) is 1. The Morgan fingerprint density at radius 1 is 1.53 bits per heavy atom. The molecular weight excluding hydrogens is 200 g/mol. The highest BCUT2D eigenvalue weighted by Gasteiger charge is 2.24. The second kappa shape index (κ2) is 3.95. The van der Waals surface area contributed by atoms with E-state index in [1.54, 1.807) is 0 Å². The van der Waals surface area contributed by atoms with Crippen LogP contribution in [0.1, 0.15) is 17.3 Å². The van der Waals surface area contributed by atoms with Crippen molar-refractivity contribution in [1.82, 2.24) is 0 Å². The quantitative estimate of drug-likeness (QED) is 0.352. The molecule has 6 heteroatoms. The molecule has 0 radical (unpaired) electrons. The zero-order valence-electron chi connectivity index (χ0n) is 8.31. The molecule has 0 atom stereocenters. The Morgan fingerprint density at radius 3 is 2.53 bits per heavy atom. The maximum Gasteiger partial charge on any atom is 0.334 e. The summed E-state index contributed by atoms with van der Waals surface area (Å²) in [6.07, 6.45) is 0. The van der Waals surface area contributed by atoms with Crippen molar-refractivity contribution >= 4 is 17.2 Å². The Hall–Kier alpha value is -2.11. The Balaban J connectivity index is 3.54. The van der Waals surface area contributed by atoms with Crippen molar-refractivity contribution in [3.63, 3.8) is 0 Å². The van der Waals surface area contributed by atoms with Gasteiger partial charge in [0.25, 0.3) is 0 Å². The van der Waals surface area contributed by atoms with E-state index in [0.29, 0.717) is 0 Å². The van der Waals surface area contributed by atoms with Gasteiger partial charge < -0.3 is 10.5 Å². The zero-order chi connectivity index (χ0) is 11.6. The number of nitro groups is 1. The highest BCUT2D eigenvalue weighted by atomic mass is 16.6. The molecule has 80 valence electrons. The van der Waals surface area contributed by atoms with E-state index in [4.69, 9.17) is 10.5 Å². The number of anilines is 1. The van der Waals surface area contributed by atoms with Crippen molar-refractivity contribution < 1.29 is 14.5 Å². The molecule has 0 aliphatic heterocycles. The molecule has 0 saturated carbocycles. The van der Waals surface area contributed by atoms with Crippen LogP contribution in [0.2, 0.25) is 0 Å². The van der Waals surface area contributed by atoms with Gasteiger partial charge in [0.1, 0.15) is 5.69 Å². The van der Waals surface area contributed by atoms with Gasteiger partial charge in [-0.3, -0.25) is 14.9 Å². The van der Waals surface area contributed by atoms with Gasteiger partial charge >= 0.3 is 5.69 Å². The third kappa shape index (κ3) is 1.88. The second-order valence-corrected chi connectivity index (χ2v) is 2.90. The second-order valence-electron chi connectivity index (χ2n) is 2.90. The van der Waals surface area contributed by atoms with Crippen LogP contribution in [0, 0.1) is 10.1 Å². The van der Waals surface area contributed by atoms with Crippen LogP contribution < -0.4 is 10.5 Å². The minimum Gasteiger partial charge on any atom is -0.490 e. The van der Waals surface area contributed by atoms with E-state index >= 15 is 0 Å². The van der Waals surface area contributed by atoms with Crippen molar-refractivity contribution in [2.75, 3.05) is 12.8 Å². The third-order valence-corrected chi connectivity index (χ3v) is 1.93. The summed E-state index contributed by atoms with van der Waals surface area (Å²) in [5.74, 6) is -0.401. The van der Waals surface area contributed by atoms with Crippen LogP contribution in [-0.4, -0.2) is 17.8 Å². The number of hydrogen-bond acceptors (Lipinski definition) is 5. The number of ether oxygens (including phenoxy) is 1. The molecular formula is C9H10N2O4. The number of carbonyl (C=O) groups excluding carboxylic acids is 1. The van der Waals surface area contributed by atoms with Crippen LogP contribution in [0.5, 0.6) is 5.75 Å². The first-order valence-electron chi connectivity index (χ1n) is 4.10. The van der Waals surface area contributed by atoms with Crippen LogP contribution >= 0.6 is 0 Å². The molecule has 1 aromatic carbocycles. The number of benzene rings is 1. The van der Waals surface area contributed by atoms with Crippen molar-refractivity contribution in [2.45, 2.75) is 6.92 Å². The van der Waals surface area contributed by atoms with Gasteiger partial charge in [-0.15, -0.1) is 0 Å². The van der Waals surface area contributed by atoms with Crippen LogP contribution in [-0.2, 0) is 0 Å². The molecule has 0 amide bonds. The smallest absolute Gasteiger partial charge is 0.334 e. The molecule has 0 saturated heterocycles. The van der Waals surface area contributed by atoms with Crippen LogP contribution in [0.25, 0.3) is 0 Å². The van der Waals surface area contributed by atoms with Crippen molar-refractivity contribution in [2.24, 2.45) is 0 Å². The Kier molecular flexibility index (Phi) is 2.89. The lowest BCUT2D eigenvalue weighted by Gasteiger charge is -2.07. The number of hydrogen-bond donors (Lipinski definition) is 1. The third-order valence-electron chi connectivity index (χ3n) is 1.93. The number of rotatable bonds is 3. The number of ketones is 1. The maximum absolute atomic E-state index is 11.2. The first-order valence-corrected chi connectivity index (χ1v) is 4.10. The molecule has 1 aromatic rings. The molecule has 6 nitrogen and oxygen atoms in total. The number of nitro benzene ring substituents is 1. The molecule has 0 aromatic heterocycles. The number of Topliss-reactive ketones (excluding diaryl/α,β-unsaturated/α-hetero) is 1. The van der Waals surface area contributed by atoms with E-state index < -0.39 is 4.92 Å². The fraction of sp³-hybridized carbons (Fsp3) is 0.222. The van der Waals surface area contributed by atoms with Gasteiger partial charge in [0.15, 0.2) is 5.78 Å². The molecule has 0 aliphatic carbocycles. The molecule has 0 bridgehead atoms. The van der Waals surface area contributed by atoms with Crippen LogP contribution in [0.3, 0.4) is 0 Å². The van der Waals surface area contributed by atoms with E-state index in [0.717, 1.165) is 0 Å². The maximum atomic E-state index is 11.2. The van der Waals surface area contributed by atoms with Crippen LogP contribution in [0.15, 0.2) is 12.1 Å². The van der Waals surface area contributed by atoms with Crippen molar-refractivity contribution in [1.29, 1.82) is 0 Å². The zero-order valence-corrected chi connectivity index (χ0v) is 8.31. The largest absolute Gasteiger partial charge is 0.490 e. The highest BCUT2D eigenvalue weighted by Crippen LogP contribution is 2.36. The summed E-state index contributed by atoms with van der Waals surface area (Å²) >= 11 is 0. The number of carbonyl (C=O) groups is 1. The molecule has 0 fully saturated rings. The summed E-state index contributed by atoms with van der Waals surface area (Å²) in [6.45, 7) is 1.30. The average molecular weight is 210 g/mol. The predicted octanol–water partition coefficient (Wildman–Crippen LogP) is 1.39. The summed E-state index contributed by atoms with van der Waals surface area (Å²) < 4.78 is 4.84. The van der Waals surface area contributed by atoms with E-state index in [9.17, 15) is 14.9 Å². The molecule has 0 unspecified atom stereocenters. The first-order chi connectivity index (χ1) is 6.99. The number of nitrogens with zero attached hydrogens (tertiary/aromatic N) is 1. The lowest BCUT2D eigenvalue weighted by Crippen LogP contribution is -2.04. The van der Waals surface area contributed by atoms with Gasteiger partial charge in [0, 0.05) is 0 Å². The van der Waals surface area contributed by atoms with Gasteiger partial charge in [0.2, 0.25) is 5.75 Å². The Labute approximate surface area is 85.8 Å². The summed E-state index contributed by atoms with van der Waals surface area (Å²) in [5.41, 5.74) is 5.19. The minimum atomic E-state index is -0.666. The Bertz CT molecular complexity index is 428. The molecule has 2 N–H and O–H groups in total. The van der Waals surface area contributed by atoms with Gasteiger partial charge in [-0.1, -0.05) is 0 Å². The summed E-state index contributed by atoms with van der Waals surface area (Å²) in [6, 6.07) is 2.72. The summed E-state index contributed by atoms with van der Waals surface area (Å²) in [5, 5.41) is 10.7. The van der Waals surface area contributed by atoms with Crippen molar-refractivity contribution in [3.8, 4) is 5.75 Å². The van der Waals surface area contributed by atoms with Crippen LogP contribution in [0.4, 0.5) is 11.4 Å². The fourth-order valence-corrected chi connectivity index (χ4v) is 1.26. The van der Waals surface area contributed by atoms with Gasteiger partial charge in [-0.05, 0) is 19.1 Å². The molecule has 0 aliphatic rings. The van der Waals surface area contributed by atoms with E-state index in [-0.39, 0.29) is 28.5 Å². The SMILES string of the molecule is COc1c(C(C)=O)ccc(N)c1[N+](=O)[O-]. The molecule has 0 spiro atoms. The topological polar surface area (TPSA) is 95.5 Å². The van der Waals surface area contributed by atoms with E-state index in [2.05, 4.69) is 0 Å². The van der Waals surface area contributed by atoms with Gasteiger partial charge in [-0.2, -0.15) is 0 Å². The number of nitrogen functional groups attached to an aromatic ring is 1. The average Bonchev–Trinajstić information content (AvgIpc) is 2.15. The number of methoxy groups -OCH3 is 1. The van der Waals surface area contributed by atoms with Gasteiger partial charge in [-0.25, -0.2) is 0 Å². The minimum absolute atomic E-state index is 0.0261. The lowest BCUT2D eigenvalue weighted by atomic mass is 10.1.